The van der Waals surface area contributed by atoms with E-state index in [1.165, 1.54) is 12.7 Å². The number of hydrogen-bond donors (Lipinski definition) is 1. The van der Waals surface area contributed by atoms with E-state index < -0.39 is 6.56 Å². The number of carbonyl (C=O) groups is 1. The Morgan fingerprint density at radius 2 is 1.38 bits per heavy atom. The topological polar surface area (TPSA) is 46.5 Å². The van der Waals surface area contributed by atoms with Gasteiger partial charge in [0.15, 0.2) is 0 Å². The van der Waals surface area contributed by atoms with Crippen LogP contribution < -0.4 is 0 Å². The summed E-state index contributed by atoms with van der Waals surface area (Å²) in [4.78, 5) is 11.0. The molecule has 1 N–H and O–H groups in total. The van der Waals surface area contributed by atoms with Crippen LogP contribution in [0.3, 0.4) is 0 Å². The lowest BCUT2D eigenvalue weighted by atomic mass is 9.98. The van der Waals surface area contributed by atoms with Crippen LogP contribution in [-0.4, -0.2) is 24.7 Å². The summed E-state index contributed by atoms with van der Waals surface area (Å²) in [7, 11) is 1.42. The van der Waals surface area contributed by atoms with Crippen molar-refractivity contribution in [3.63, 3.8) is 0 Å². The molecule has 0 heterocycles. The molecule has 146 valence electrons. The predicted octanol–water partition coefficient (Wildman–Crippen LogP) is 4.75. The predicted molar refractivity (Wildman–Crippen MR) is 119 cm³/mol. The minimum atomic E-state index is -2.07. The van der Waals surface area contributed by atoms with E-state index in [-0.39, 0.29) is 51.2 Å². The third-order valence-corrected chi connectivity index (χ3v) is 3.84. The van der Waals surface area contributed by atoms with E-state index in [0.717, 1.165) is 5.56 Å². The first-order valence-corrected chi connectivity index (χ1v) is 8.12. The van der Waals surface area contributed by atoms with Gasteiger partial charge in [0.2, 0.25) is 0 Å². The Bertz CT molecular complexity index is 650. The molecule has 0 unspecified atom stereocenters. The minimum absolute atomic E-state index is 0. The second-order valence-corrected chi connectivity index (χ2v) is 5.77. The third kappa shape index (κ3) is 10.5. The van der Waals surface area contributed by atoms with Crippen molar-refractivity contribution in [2.24, 2.45) is 0 Å². The number of ether oxygens (including phenoxy) is 1. The normalized spacial score (nSPS) is 13.2. The smallest absolute Gasteiger partial charge is 0.306 e. The lowest BCUT2D eigenvalue weighted by Crippen LogP contribution is -2.05. The summed E-state index contributed by atoms with van der Waals surface area (Å²) in [6.07, 6.45) is 0.581. The molecule has 2 atom stereocenters. The summed E-state index contributed by atoms with van der Waals surface area (Å²) in [5.74, 6) is 0.117. The number of benzene rings is 2. The summed E-state index contributed by atoms with van der Waals surface area (Å²) in [6.45, 7) is 1.85. The summed E-state index contributed by atoms with van der Waals surface area (Å²) in [5.41, 5.74) is 2.23. The van der Waals surface area contributed by atoms with Crippen molar-refractivity contribution in [2.75, 3.05) is 13.7 Å². The van der Waals surface area contributed by atoms with Gasteiger partial charge in [0.05, 0.1) is 16.3 Å². The number of aliphatic hydroxyl groups is 1. The highest BCUT2D eigenvalue weighted by molar-refractivity contribution is 7.59. The van der Waals surface area contributed by atoms with Gasteiger partial charge in [-0.2, -0.15) is 27.0 Å². The molecule has 0 fully saturated rings. The van der Waals surface area contributed by atoms with Gasteiger partial charge in [-0.15, -0.1) is 0 Å². The van der Waals surface area contributed by atoms with Gasteiger partial charge >= 0.3 is 5.97 Å². The Balaban J connectivity index is 0. The molecule has 0 aliphatic rings. The molecule has 2 aromatic carbocycles. The highest BCUT2D eigenvalue weighted by atomic mass is 32.1. The van der Waals surface area contributed by atoms with Gasteiger partial charge < -0.3 is 9.84 Å². The SMILES string of the molecule is COC(=O)C[C@H](C)c1ccccc1.S.S.[2H]C([2H])(O)C[C@H](C)c1ccccc1. The number of hydrogen-bond acceptors (Lipinski definition) is 3. The fourth-order valence-electron chi connectivity index (χ4n) is 2.27. The maximum absolute atomic E-state index is 11.0. The molecule has 0 aliphatic heterocycles. The molecule has 0 radical (unpaired) electrons. The second-order valence-electron chi connectivity index (χ2n) is 5.77. The van der Waals surface area contributed by atoms with E-state index in [0.29, 0.717) is 6.42 Å². The first kappa shape index (κ1) is 22.6. The fraction of sp³-hybridized carbons (Fsp3) is 0.381. The van der Waals surface area contributed by atoms with Gasteiger partial charge in [-0.05, 0) is 29.4 Å². The lowest BCUT2D eigenvalue weighted by Gasteiger charge is -2.09. The largest absolute Gasteiger partial charge is 0.469 e. The Kier molecular flexibility index (Phi) is 13.7. The van der Waals surface area contributed by atoms with E-state index in [2.05, 4.69) is 4.74 Å². The van der Waals surface area contributed by atoms with E-state index in [9.17, 15) is 4.79 Å². The van der Waals surface area contributed by atoms with Crippen LogP contribution >= 0.6 is 27.0 Å². The van der Waals surface area contributed by atoms with Crippen molar-refractivity contribution in [3.8, 4) is 0 Å². The van der Waals surface area contributed by atoms with Gasteiger partial charge in [0, 0.05) is 6.56 Å². The molecule has 0 aromatic heterocycles. The molecule has 0 spiro atoms. The van der Waals surface area contributed by atoms with Crippen molar-refractivity contribution in [2.45, 2.75) is 38.5 Å². The van der Waals surface area contributed by atoms with Gasteiger partial charge in [0.25, 0.3) is 0 Å². The summed E-state index contributed by atoms with van der Waals surface area (Å²) >= 11 is 0. The van der Waals surface area contributed by atoms with Crippen molar-refractivity contribution in [3.05, 3.63) is 71.8 Å². The quantitative estimate of drug-likeness (QED) is 0.714. The van der Waals surface area contributed by atoms with Crippen molar-refractivity contribution in [1.82, 2.24) is 0 Å². The van der Waals surface area contributed by atoms with Crippen LogP contribution in [0.4, 0.5) is 0 Å². The monoisotopic (exact) mass is 398 g/mol. The standard InChI is InChI=1S/C11H14O2.C10H14O.2H2S/c1-9(8-11(12)13-2)10-6-4-3-5-7-10;1-9(7-8-11)10-5-3-2-4-6-10;;/h3-7,9H,8H2,1-2H3;2-6,9,11H,7-8H2,1H3;2*1H2/t2*9-;;/m00../s1/i;8D2;;. The van der Waals surface area contributed by atoms with Gasteiger partial charge in [-0.25, -0.2) is 0 Å². The van der Waals surface area contributed by atoms with E-state index >= 15 is 0 Å². The second kappa shape index (κ2) is 15.8. The average Bonchev–Trinajstić information content (AvgIpc) is 2.62. The van der Waals surface area contributed by atoms with Crippen molar-refractivity contribution in [1.29, 1.82) is 0 Å². The van der Waals surface area contributed by atoms with Crippen LogP contribution in [-0.2, 0) is 9.53 Å². The Hall–Kier alpha value is -1.43. The number of esters is 1. The van der Waals surface area contributed by atoms with Crippen molar-refractivity contribution < 1.29 is 17.4 Å². The Labute approximate surface area is 174 Å². The molecule has 5 heteroatoms. The summed E-state index contributed by atoms with van der Waals surface area (Å²) in [5, 5.41) is 8.98. The maximum Gasteiger partial charge on any atom is 0.306 e. The van der Waals surface area contributed by atoms with Crippen LogP contribution in [0.25, 0.3) is 0 Å². The number of rotatable bonds is 6. The zero-order chi connectivity index (χ0) is 19.6. The molecule has 0 aliphatic carbocycles. The zero-order valence-electron chi connectivity index (χ0n) is 17.6. The van der Waals surface area contributed by atoms with E-state index in [1.54, 1.807) is 0 Å². The first-order valence-electron chi connectivity index (χ1n) is 9.12. The van der Waals surface area contributed by atoms with Crippen LogP contribution in [0.15, 0.2) is 60.7 Å². The van der Waals surface area contributed by atoms with E-state index in [4.69, 9.17) is 7.85 Å². The molecular formula is C21H32O3S2. The van der Waals surface area contributed by atoms with Gasteiger partial charge in [-0.1, -0.05) is 74.5 Å². The average molecular weight is 399 g/mol. The zero-order valence-corrected chi connectivity index (χ0v) is 17.6. The van der Waals surface area contributed by atoms with E-state index in [1.807, 2.05) is 74.5 Å². The van der Waals surface area contributed by atoms with Crippen LogP contribution in [0.1, 0.15) is 52.4 Å². The molecule has 2 aromatic rings. The highest BCUT2D eigenvalue weighted by Gasteiger charge is 2.10. The molecule has 0 amide bonds. The molecule has 0 saturated carbocycles. The molecule has 0 bridgehead atoms. The summed E-state index contributed by atoms with van der Waals surface area (Å²) < 4.78 is 18.7. The summed E-state index contributed by atoms with van der Waals surface area (Å²) in [6, 6.07) is 19.6. The third-order valence-electron chi connectivity index (χ3n) is 3.84. The fourth-order valence-corrected chi connectivity index (χ4v) is 2.27. The molecule has 0 saturated heterocycles. The molecular weight excluding hydrogens is 364 g/mol. The van der Waals surface area contributed by atoms with Crippen LogP contribution in [0, 0.1) is 0 Å². The van der Waals surface area contributed by atoms with Gasteiger partial charge in [-0.3, -0.25) is 4.79 Å². The van der Waals surface area contributed by atoms with Gasteiger partial charge in [0.1, 0.15) is 0 Å². The van der Waals surface area contributed by atoms with Crippen molar-refractivity contribution >= 4 is 33.0 Å². The molecule has 26 heavy (non-hydrogen) atoms. The number of carbonyl (C=O) groups excluding carboxylic acids is 1. The lowest BCUT2D eigenvalue weighted by molar-refractivity contribution is -0.140. The van der Waals surface area contributed by atoms with Crippen LogP contribution in [0.5, 0.6) is 0 Å². The maximum atomic E-state index is 11.0. The minimum Gasteiger partial charge on any atom is -0.469 e. The molecule has 2 rings (SSSR count). The number of methoxy groups -OCH3 is 1. The molecule has 3 nitrogen and oxygen atoms in total. The highest BCUT2D eigenvalue weighted by Crippen LogP contribution is 2.18. The Morgan fingerprint density at radius 1 is 0.962 bits per heavy atom. The first-order chi connectivity index (χ1) is 12.2. The van der Waals surface area contributed by atoms with Crippen LogP contribution in [0.2, 0.25) is 0 Å². The Morgan fingerprint density at radius 3 is 1.77 bits per heavy atom.